The molecule has 1 saturated heterocycles. The number of hydrogen-bond acceptors (Lipinski definition) is 5. The summed E-state index contributed by atoms with van der Waals surface area (Å²) in [7, 11) is 0. The van der Waals surface area contributed by atoms with E-state index in [0.717, 1.165) is 6.07 Å². The predicted octanol–water partition coefficient (Wildman–Crippen LogP) is 1.33. The van der Waals surface area contributed by atoms with Gasteiger partial charge in [-0.25, -0.2) is 9.18 Å². The van der Waals surface area contributed by atoms with Gasteiger partial charge in [-0.15, -0.1) is 0 Å². The Hall–Kier alpha value is -2.22. The molecular formula is C12H13FN2O5. The molecule has 1 unspecified atom stereocenters. The number of aryl methyl sites for hydroxylation is 1. The third-order valence-corrected chi connectivity index (χ3v) is 3.14. The quantitative estimate of drug-likeness (QED) is 0.665. The fourth-order valence-corrected chi connectivity index (χ4v) is 2.07. The van der Waals surface area contributed by atoms with Crippen LogP contribution < -0.4 is 4.90 Å². The zero-order chi connectivity index (χ0) is 14.9. The van der Waals surface area contributed by atoms with Crippen molar-refractivity contribution in [1.29, 1.82) is 0 Å². The Morgan fingerprint density at radius 2 is 2.30 bits per heavy atom. The van der Waals surface area contributed by atoms with Gasteiger partial charge in [-0.05, 0) is 18.6 Å². The van der Waals surface area contributed by atoms with Gasteiger partial charge in [-0.1, -0.05) is 0 Å². The first-order valence-electron chi connectivity index (χ1n) is 5.94. The maximum atomic E-state index is 13.4. The van der Waals surface area contributed by atoms with Gasteiger partial charge in [0, 0.05) is 6.54 Å². The number of carbonyl (C=O) groups is 1. The van der Waals surface area contributed by atoms with Gasteiger partial charge in [0.15, 0.2) is 6.10 Å². The molecule has 0 spiro atoms. The van der Waals surface area contributed by atoms with Gasteiger partial charge in [0.05, 0.1) is 24.1 Å². The highest BCUT2D eigenvalue weighted by atomic mass is 19.1. The lowest BCUT2D eigenvalue weighted by Gasteiger charge is -2.32. The molecule has 1 heterocycles. The van der Waals surface area contributed by atoms with Gasteiger partial charge < -0.3 is 14.7 Å². The van der Waals surface area contributed by atoms with Crippen LogP contribution in [0.5, 0.6) is 0 Å². The maximum Gasteiger partial charge on any atom is 0.334 e. The van der Waals surface area contributed by atoms with Crippen LogP contribution in [0.15, 0.2) is 12.1 Å². The van der Waals surface area contributed by atoms with Gasteiger partial charge in [0.2, 0.25) is 0 Å². The summed E-state index contributed by atoms with van der Waals surface area (Å²) in [5.41, 5.74) is 0.103. The van der Waals surface area contributed by atoms with Gasteiger partial charge in [0.1, 0.15) is 11.5 Å². The van der Waals surface area contributed by atoms with Crippen LogP contribution in [0.2, 0.25) is 0 Å². The average Bonchev–Trinajstić information content (AvgIpc) is 2.41. The number of halogens is 1. The number of carboxylic acid groups (broad SMARTS) is 1. The van der Waals surface area contributed by atoms with E-state index < -0.39 is 22.8 Å². The van der Waals surface area contributed by atoms with Crippen molar-refractivity contribution < 1.29 is 24.0 Å². The van der Waals surface area contributed by atoms with Gasteiger partial charge in [0.25, 0.3) is 5.69 Å². The fraction of sp³-hybridized carbons (Fsp3) is 0.417. The van der Waals surface area contributed by atoms with E-state index >= 15 is 0 Å². The van der Waals surface area contributed by atoms with Crippen LogP contribution in [0.3, 0.4) is 0 Å². The van der Waals surface area contributed by atoms with E-state index in [1.807, 2.05) is 0 Å². The smallest absolute Gasteiger partial charge is 0.334 e. The first-order valence-corrected chi connectivity index (χ1v) is 5.94. The Balaban J connectivity index is 2.38. The molecule has 0 bridgehead atoms. The minimum absolute atomic E-state index is 0.0127. The van der Waals surface area contributed by atoms with E-state index in [1.54, 1.807) is 0 Å². The second kappa shape index (κ2) is 5.41. The minimum atomic E-state index is -1.13. The van der Waals surface area contributed by atoms with E-state index in [0.29, 0.717) is 6.54 Å². The molecular weight excluding hydrogens is 271 g/mol. The predicted molar refractivity (Wildman–Crippen MR) is 67.4 cm³/mol. The molecule has 1 atom stereocenters. The first kappa shape index (κ1) is 14.2. The first-order chi connectivity index (χ1) is 9.40. The van der Waals surface area contributed by atoms with E-state index in [1.165, 1.54) is 17.9 Å². The van der Waals surface area contributed by atoms with E-state index in [2.05, 4.69) is 0 Å². The number of hydrogen-bond donors (Lipinski definition) is 1. The molecule has 8 heteroatoms. The van der Waals surface area contributed by atoms with Crippen LogP contribution >= 0.6 is 0 Å². The summed E-state index contributed by atoms with van der Waals surface area (Å²) in [5.74, 6) is -1.79. The zero-order valence-electron chi connectivity index (χ0n) is 10.7. The number of nitrogens with zero attached hydrogens (tertiary/aromatic N) is 2. The maximum absolute atomic E-state index is 13.4. The fourth-order valence-electron chi connectivity index (χ4n) is 2.07. The van der Waals surface area contributed by atoms with Gasteiger partial charge >= 0.3 is 5.97 Å². The second-order valence-electron chi connectivity index (χ2n) is 4.49. The second-order valence-corrected chi connectivity index (χ2v) is 4.49. The molecule has 2 rings (SSSR count). The lowest BCUT2D eigenvalue weighted by molar-refractivity contribution is -0.384. The van der Waals surface area contributed by atoms with Crippen molar-refractivity contribution in [2.24, 2.45) is 0 Å². The van der Waals surface area contributed by atoms with E-state index in [-0.39, 0.29) is 30.1 Å². The molecule has 1 aliphatic rings. The van der Waals surface area contributed by atoms with Crippen LogP contribution in [0.4, 0.5) is 15.8 Å². The SMILES string of the molecule is Cc1cc(N2CCOC(C(=O)O)C2)c([N+](=O)[O-])cc1F. The lowest BCUT2D eigenvalue weighted by atomic mass is 10.1. The van der Waals surface area contributed by atoms with Crippen LogP contribution in [-0.4, -0.2) is 41.8 Å². The molecule has 1 fully saturated rings. The molecule has 1 aliphatic heterocycles. The molecule has 1 aromatic carbocycles. The molecule has 0 aliphatic carbocycles. The van der Waals surface area contributed by atoms with Crippen molar-refractivity contribution in [2.45, 2.75) is 13.0 Å². The average molecular weight is 284 g/mol. The Bertz CT molecular complexity index is 563. The normalized spacial score (nSPS) is 18.9. The molecule has 0 aromatic heterocycles. The number of nitro benzene ring substituents is 1. The third-order valence-electron chi connectivity index (χ3n) is 3.14. The number of benzene rings is 1. The summed E-state index contributed by atoms with van der Waals surface area (Å²) in [6.45, 7) is 1.94. The topological polar surface area (TPSA) is 92.9 Å². The van der Waals surface area contributed by atoms with Crippen molar-refractivity contribution in [3.8, 4) is 0 Å². The summed E-state index contributed by atoms with van der Waals surface area (Å²) in [6, 6.07) is 2.22. The summed E-state index contributed by atoms with van der Waals surface area (Å²) in [5, 5.41) is 19.9. The van der Waals surface area contributed by atoms with Crippen LogP contribution in [0, 0.1) is 22.9 Å². The lowest BCUT2D eigenvalue weighted by Crippen LogP contribution is -2.46. The highest BCUT2D eigenvalue weighted by Gasteiger charge is 2.30. The molecule has 1 N–H and O–H groups in total. The third kappa shape index (κ3) is 2.69. The molecule has 0 radical (unpaired) electrons. The summed E-state index contributed by atoms with van der Waals surface area (Å²) < 4.78 is 18.5. The van der Waals surface area contributed by atoms with Crippen molar-refractivity contribution in [3.05, 3.63) is 33.6 Å². The number of aliphatic carboxylic acids is 1. The highest BCUT2D eigenvalue weighted by Crippen LogP contribution is 2.32. The number of morpholine rings is 1. The Labute approximate surface area is 113 Å². The molecule has 0 amide bonds. The van der Waals surface area contributed by atoms with Crippen molar-refractivity contribution in [2.75, 3.05) is 24.6 Å². The molecule has 20 heavy (non-hydrogen) atoms. The monoisotopic (exact) mass is 284 g/mol. The van der Waals surface area contributed by atoms with Crippen molar-refractivity contribution in [3.63, 3.8) is 0 Å². The largest absolute Gasteiger partial charge is 0.479 e. The number of rotatable bonds is 3. The van der Waals surface area contributed by atoms with Gasteiger partial charge in [-0.2, -0.15) is 0 Å². The van der Waals surface area contributed by atoms with Crippen LogP contribution in [0.1, 0.15) is 5.56 Å². The zero-order valence-corrected chi connectivity index (χ0v) is 10.7. The number of ether oxygens (including phenoxy) is 1. The highest BCUT2D eigenvalue weighted by molar-refractivity contribution is 5.74. The van der Waals surface area contributed by atoms with Crippen molar-refractivity contribution >= 4 is 17.3 Å². The summed E-state index contributed by atoms with van der Waals surface area (Å²) >= 11 is 0. The van der Waals surface area contributed by atoms with E-state index in [4.69, 9.17) is 9.84 Å². The minimum Gasteiger partial charge on any atom is -0.479 e. The van der Waals surface area contributed by atoms with Crippen LogP contribution in [-0.2, 0) is 9.53 Å². The Morgan fingerprint density at radius 3 is 2.90 bits per heavy atom. The van der Waals surface area contributed by atoms with Crippen LogP contribution in [0.25, 0.3) is 0 Å². The summed E-state index contributed by atoms with van der Waals surface area (Å²) in [6.07, 6.45) is -1.05. The summed E-state index contributed by atoms with van der Waals surface area (Å²) in [4.78, 5) is 22.8. The number of nitro groups is 1. The number of carboxylic acids is 1. The molecule has 0 saturated carbocycles. The van der Waals surface area contributed by atoms with Crippen molar-refractivity contribution in [1.82, 2.24) is 0 Å². The Morgan fingerprint density at radius 1 is 1.60 bits per heavy atom. The molecule has 1 aromatic rings. The number of anilines is 1. The van der Waals surface area contributed by atoms with E-state index in [9.17, 15) is 19.3 Å². The Kier molecular flexibility index (Phi) is 3.84. The molecule has 7 nitrogen and oxygen atoms in total. The standard InChI is InChI=1S/C12H13FN2O5/c1-7-4-9(10(15(18)19)5-8(7)13)14-2-3-20-11(6-14)12(16)17/h4-5,11H,2-3,6H2,1H3,(H,16,17). The molecule has 108 valence electrons. The van der Waals surface area contributed by atoms with Gasteiger partial charge in [-0.3, -0.25) is 10.1 Å².